The third kappa shape index (κ3) is 9.99. The molecule has 0 aliphatic rings. The number of unbranched alkanes of at least 4 members (excludes halogenated alkanes) is 5. The summed E-state index contributed by atoms with van der Waals surface area (Å²) in [5.74, 6) is 2.87. The monoisotopic (exact) mass is 388 g/mol. The SMILES string of the molecule is CCCCCCCCOc1c(CCC(C)CCCC(C)CC)ccc(C)c1C. The molecule has 2 unspecified atom stereocenters. The van der Waals surface area contributed by atoms with E-state index in [9.17, 15) is 0 Å². The van der Waals surface area contributed by atoms with E-state index >= 15 is 0 Å². The average molecular weight is 389 g/mol. The molecular formula is C27H48O. The largest absolute Gasteiger partial charge is 0.493 e. The minimum absolute atomic E-state index is 0.803. The van der Waals surface area contributed by atoms with Crippen LogP contribution in [0.25, 0.3) is 0 Å². The van der Waals surface area contributed by atoms with Crippen molar-refractivity contribution in [3.05, 3.63) is 28.8 Å². The van der Waals surface area contributed by atoms with Crippen molar-refractivity contribution in [1.82, 2.24) is 0 Å². The van der Waals surface area contributed by atoms with Gasteiger partial charge in [-0.25, -0.2) is 0 Å². The molecule has 0 amide bonds. The van der Waals surface area contributed by atoms with Gasteiger partial charge in [0.25, 0.3) is 0 Å². The first-order valence-electron chi connectivity index (χ1n) is 12.2. The van der Waals surface area contributed by atoms with Crippen molar-refractivity contribution in [3.8, 4) is 5.75 Å². The molecule has 2 atom stereocenters. The van der Waals surface area contributed by atoms with Gasteiger partial charge in [-0.3, -0.25) is 0 Å². The van der Waals surface area contributed by atoms with Crippen LogP contribution in [0.2, 0.25) is 0 Å². The molecule has 28 heavy (non-hydrogen) atoms. The molecule has 0 aromatic heterocycles. The maximum atomic E-state index is 6.31. The molecule has 1 nitrogen and oxygen atoms in total. The molecule has 0 radical (unpaired) electrons. The number of hydrogen-bond acceptors (Lipinski definition) is 1. The van der Waals surface area contributed by atoms with Crippen LogP contribution in [0.15, 0.2) is 12.1 Å². The van der Waals surface area contributed by atoms with Gasteiger partial charge in [-0.15, -0.1) is 0 Å². The zero-order valence-corrected chi connectivity index (χ0v) is 19.9. The highest BCUT2D eigenvalue weighted by Crippen LogP contribution is 2.29. The average Bonchev–Trinajstić information content (AvgIpc) is 2.69. The molecule has 1 aromatic carbocycles. The zero-order valence-electron chi connectivity index (χ0n) is 19.9. The summed E-state index contributed by atoms with van der Waals surface area (Å²) in [5, 5.41) is 0. The van der Waals surface area contributed by atoms with Gasteiger partial charge in [0.15, 0.2) is 0 Å². The van der Waals surface area contributed by atoms with Crippen molar-refractivity contribution in [2.45, 2.75) is 119 Å². The summed E-state index contributed by atoms with van der Waals surface area (Å²) in [6, 6.07) is 4.58. The molecular weight excluding hydrogens is 340 g/mol. The van der Waals surface area contributed by atoms with Gasteiger partial charge in [0, 0.05) is 0 Å². The van der Waals surface area contributed by atoms with Crippen LogP contribution >= 0.6 is 0 Å². The highest BCUT2D eigenvalue weighted by Gasteiger charge is 2.12. The van der Waals surface area contributed by atoms with Crippen LogP contribution in [0.4, 0.5) is 0 Å². The van der Waals surface area contributed by atoms with E-state index in [1.165, 1.54) is 93.1 Å². The minimum Gasteiger partial charge on any atom is -0.493 e. The normalized spacial score (nSPS) is 13.5. The number of rotatable bonds is 16. The quantitative estimate of drug-likeness (QED) is 0.257. The number of benzene rings is 1. The second-order valence-corrected chi connectivity index (χ2v) is 9.20. The second kappa shape index (κ2) is 14.9. The van der Waals surface area contributed by atoms with Crippen molar-refractivity contribution in [1.29, 1.82) is 0 Å². The van der Waals surface area contributed by atoms with Gasteiger partial charge in [-0.05, 0) is 61.6 Å². The van der Waals surface area contributed by atoms with Gasteiger partial charge in [0.2, 0.25) is 0 Å². The van der Waals surface area contributed by atoms with Gasteiger partial charge < -0.3 is 4.74 Å². The molecule has 0 N–H and O–H groups in total. The lowest BCUT2D eigenvalue weighted by Gasteiger charge is -2.18. The Balaban J connectivity index is 2.46. The Morgan fingerprint density at radius 2 is 1.46 bits per heavy atom. The standard InChI is InChI=1S/C27H48O/c1-7-9-10-11-12-13-21-28-27-25(6)24(5)18-20-26(27)19-17-23(4)16-14-15-22(3)8-2/h18,20,22-23H,7-17,19,21H2,1-6H3. The fourth-order valence-corrected chi connectivity index (χ4v) is 3.87. The van der Waals surface area contributed by atoms with Gasteiger partial charge in [-0.2, -0.15) is 0 Å². The van der Waals surface area contributed by atoms with Gasteiger partial charge >= 0.3 is 0 Å². The predicted molar refractivity (Wildman–Crippen MR) is 126 cm³/mol. The van der Waals surface area contributed by atoms with Crippen LogP contribution in [0.1, 0.15) is 115 Å². The maximum Gasteiger partial charge on any atom is 0.125 e. The minimum atomic E-state index is 0.803. The van der Waals surface area contributed by atoms with Crippen molar-refractivity contribution < 1.29 is 4.74 Å². The third-order valence-electron chi connectivity index (χ3n) is 6.50. The Kier molecular flexibility index (Phi) is 13.4. The van der Waals surface area contributed by atoms with Gasteiger partial charge in [0.05, 0.1) is 6.61 Å². The van der Waals surface area contributed by atoms with E-state index in [4.69, 9.17) is 4.74 Å². The molecule has 1 rings (SSSR count). The summed E-state index contributed by atoms with van der Waals surface area (Å²) in [4.78, 5) is 0. The summed E-state index contributed by atoms with van der Waals surface area (Å²) in [6.45, 7) is 14.7. The highest BCUT2D eigenvalue weighted by atomic mass is 16.5. The van der Waals surface area contributed by atoms with Crippen molar-refractivity contribution in [2.24, 2.45) is 11.8 Å². The van der Waals surface area contributed by atoms with E-state index in [0.29, 0.717) is 0 Å². The number of aryl methyl sites for hydroxylation is 2. The Morgan fingerprint density at radius 3 is 2.18 bits per heavy atom. The topological polar surface area (TPSA) is 9.23 Å². The first-order valence-corrected chi connectivity index (χ1v) is 12.2. The zero-order chi connectivity index (χ0) is 20.8. The van der Waals surface area contributed by atoms with E-state index in [2.05, 4.69) is 53.7 Å². The van der Waals surface area contributed by atoms with E-state index < -0.39 is 0 Å². The molecule has 162 valence electrons. The summed E-state index contributed by atoms with van der Waals surface area (Å²) in [7, 11) is 0. The maximum absolute atomic E-state index is 6.31. The fourth-order valence-electron chi connectivity index (χ4n) is 3.87. The van der Waals surface area contributed by atoms with E-state index in [1.54, 1.807) is 0 Å². The van der Waals surface area contributed by atoms with Crippen LogP contribution in [0.5, 0.6) is 5.75 Å². The molecule has 0 aliphatic heterocycles. The van der Waals surface area contributed by atoms with Crippen LogP contribution in [-0.2, 0) is 6.42 Å². The molecule has 0 saturated carbocycles. The van der Waals surface area contributed by atoms with Crippen LogP contribution in [-0.4, -0.2) is 6.61 Å². The van der Waals surface area contributed by atoms with E-state index in [0.717, 1.165) is 24.9 Å². The predicted octanol–water partition coefficient (Wildman–Crippen LogP) is 8.83. The molecule has 0 aliphatic carbocycles. The summed E-state index contributed by atoms with van der Waals surface area (Å²) < 4.78 is 6.31. The number of hydrogen-bond donors (Lipinski definition) is 0. The molecule has 0 spiro atoms. The lowest BCUT2D eigenvalue weighted by Crippen LogP contribution is -2.05. The lowest BCUT2D eigenvalue weighted by molar-refractivity contribution is 0.298. The van der Waals surface area contributed by atoms with Crippen molar-refractivity contribution in [2.75, 3.05) is 6.61 Å². The van der Waals surface area contributed by atoms with Crippen LogP contribution < -0.4 is 4.74 Å². The highest BCUT2D eigenvalue weighted by molar-refractivity contribution is 5.45. The Bertz CT molecular complexity index is 519. The fraction of sp³-hybridized carbons (Fsp3) is 0.778. The molecule has 0 fully saturated rings. The van der Waals surface area contributed by atoms with Gasteiger partial charge in [0.1, 0.15) is 5.75 Å². The van der Waals surface area contributed by atoms with Gasteiger partial charge in [-0.1, -0.05) is 97.6 Å². The first-order chi connectivity index (χ1) is 13.5. The molecule has 0 saturated heterocycles. The summed E-state index contributed by atoms with van der Waals surface area (Å²) in [5.41, 5.74) is 4.11. The summed E-state index contributed by atoms with van der Waals surface area (Å²) >= 11 is 0. The smallest absolute Gasteiger partial charge is 0.125 e. The lowest BCUT2D eigenvalue weighted by atomic mass is 9.92. The summed E-state index contributed by atoms with van der Waals surface area (Å²) in [6.07, 6.45) is 15.8. The Hall–Kier alpha value is -0.980. The first kappa shape index (κ1) is 25.1. The van der Waals surface area contributed by atoms with Crippen LogP contribution in [0.3, 0.4) is 0 Å². The van der Waals surface area contributed by atoms with E-state index in [1.807, 2.05) is 0 Å². The van der Waals surface area contributed by atoms with Crippen LogP contribution in [0, 0.1) is 25.7 Å². The van der Waals surface area contributed by atoms with Crippen molar-refractivity contribution >= 4 is 0 Å². The molecule has 0 heterocycles. The Labute approximate surface area is 176 Å². The molecule has 1 heteroatoms. The second-order valence-electron chi connectivity index (χ2n) is 9.20. The number of ether oxygens (including phenoxy) is 1. The van der Waals surface area contributed by atoms with Crippen molar-refractivity contribution in [3.63, 3.8) is 0 Å². The third-order valence-corrected chi connectivity index (χ3v) is 6.50. The van der Waals surface area contributed by atoms with E-state index in [-0.39, 0.29) is 0 Å². The molecule has 1 aromatic rings. The molecule has 0 bridgehead atoms. The Morgan fingerprint density at radius 1 is 0.786 bits per heavy atom.